The third-order valence-corrected chi connectivity index (χ3v) is 3.65. The second kappa shape index (κ2) is 6.27. The van der Waals surface area contributed by atoms with Crippen molar-refractivity contribution in [3.05, 3.63) is 23.8 Å². The van der Waals surface area contributed by atoms with Gasteiger partial charge in [0.05, 0.1) is 11.0 Å². The van der Waals surface area contributed by atoms with Gasteiger partial charge in [-0.3, -0.25) is 9.59 Å². The van der Waals surface area contributed by atoms with Crippen molar-refractivity contribution in [2.24, 2.45) is 5.41 Å². The second-order valence-electron chi connectivity index (χ2n) is 4.65. The second-order valence-corrected chi connectivity index (χ2v) is 4.65. The SMILES string of the molecule is CCC(CC)(CNC(=O)c1cccc(O)c1O)C(=O)O. The predicted molar refractivity (Wildman–Crippen MR) is 72.8 cm³/mol. The summed E-state index contributed by atoms with van der Waals surface area (Å²) in [4.78, 5) is 23.3. The molecule has 6 heteroatoms. The zero-order chi connectivity index (χ0) is 15.3. The fraction of sp³-hybridized carbons (Fsp3) is 0.429. The first-order chi connectivity index (χ1) is 9.38. The Bertz CT molecular complexity index is 508. The fourth-order valence-electron chi connectivity index (χ4n) is 1.94. The molecule has 0 unspecified atom stereocenters. The summed E-state index contributed by atoms with van der Waals surface area (Å²) < 4.78 is 0. The van der Waals surface area contributed by atoms with Gasteiger partial charge < -0.3 is 20.6 Å². The van der Waals surface area contributed by atoms with E-state index in [0.29, 0.717) is 12.8 Å². The molecule has 0 heterocycles. The molecular weight excluding hydrogens is 262 g/mol. The number of aromatic hydroxyl groups is 2. The first-order valence-corrected chi connectivity index (χ1v) is 6.40. The number of rotatable bonds is 6. The van der Waals surface area contributed by atoms with Gasteiger partial charge in [-0.2, -0.15) is 0 Å². The zero-order valence-corrected chi connectivity index (χ0v) is 11.5. The lowest BCUT2D eigenvalue weighted by molar-refractivity contribution is -0.149. The Kier molecular flexibility index (Phi) is 4.96. The minimum absolute atomic E-state index is 0.0384. The lowest BCUT2D eigenvalue weighted by atomic mass is 9.82. The molecule has 0 atom stereocenters. The predicted octanol–water partition coefficient (Wildman–Crippen LogP) is 1.72. The maximum Gasteiger partial charge on any atom is 0.311 e. The van der Waals surface area contributed by atoms with Crippen LogP contribution in [0.3, 0.4) is 0 Å². The van der Waals surface area contributed by atoms with E-state index in [1.807, 2.05) is 0 Å². The highest BCUT2D eigenvalue weighted by Crippen LogP contribution is 2.29. The summed E-state index contributed by atoms with van der Waals surface area (Å²) in [6.07, 6.45) is 0.760. The number of benzene rings is 1. The van der Waals surface area contributed by atoms with E-state index in [4.69, 9.17) is 0 Å². The van der Waals surface area contributed by atoms with Gasteiger partial charge in [-0.1, -0.05) is 19.9 Å². The number of hydrogen-bond donors (Lipinski definition) is 4. The Labute approximate surface area is 117 Å². The van der Waals surface area contributed by atoms with Crippen molar-refractivity contribution in [2.45, 2.75) is 26.7 Å². The molecule has 1 aromatic rings. The molecule has 0 saturated carbocycles. The third-order valence-electron chi connectivity index (χ3n) is 3.65. The monoisotopic (exact) mass is 281 g/mol. The van der Waals surface area contributed by atoms with Crippen LogP contribution in [0.15, 0.2) is 18.2 Å². The molecule has 110 valence electrons. The molecule has 0 saturated heterocycles. The molecule has 0 aliphatic rings. The van der Waals surface area contributed by atoms with Crippen molar-refractivity contribution in [1.29, 1.82) is 0 Å². The average molecular weight is 281 g/mol. The number of phenols is 2. The highest BCUT2D eigenvalue weighted by molar-refractivity contribution is 5.97. The zero-order valence-electron chi connectivity index (χ0n) is 11.5. The third kappa shape index (κ3) is 3.01. The first kappa shape index (κ1) is 15.8. The van der Waals surface area contributed by atoms with E-state index in [1.165, 1.54) is 18.2 Å². The van der Waals surface area contributed by atoms with Crippen LogP contribution in [0.5, 0.6) is 11.5 Å². The number of carbonyl (C=O) groups is 2. The van der Waals surface area contributed by atoms with E-state index < -0.39 is 28.8 Å². The maximum absolute atomic E-state index is 11.9. The van der Waals surface area contributed by atoms with Crippen LogP contribution in [0.2, 0.25) is 0 Å². The van der Waals surface area contributed by atoms with Gasteiger partial charge in [-0.15, -0.1) is 0 Å². The fourth-order valence-corrected chi connectivity index (χ4v) is 1.94. The summed E-state index contributed by atoms with van der Waals surface area (Å²) in [6.45, 7) is 3.45. The maximum atomic E-state index is 11.9. The van der Waals surface area contributed by atoms with Gasteiger partial charge in [-0.05, 0) is 25.0 Å². The molecule has 4 N–H and O–H groups in total. The molecule has 0 spiro atoms. The van der Waals surface area contributed by atoms with Crippen molar-refractivity contribution in [1.82, 2.24) is 5.32 Å². The number of phenolic OH excluding ortho intramolecular Hbond substituents is 2. The van der Waals surface area contributed by atoms with Crippen LogP contribution >= 0.6 is 0 Å². The minimum Gasteiger partial charge on any atom is -0.504 e. The van der Waals surface area contributed by atoms with E-state index in [0.717, 1.165) is 0 Å². The molecule has 0 fully saturated rings. The summed E-state index contributed by atoms with van der Waals surface area (Å²) in [5.74, 6) is -2.50. The quantitative estimate of drug-likeness (QED) is 0.594. The van der Waals surface area contributed by atoms with E-state index in [-0.39, 0.29) is 12.1 Å². The lowest BCUT2D eigenvalue weighted by Gasteiger charge is -2.26. The Morgan fingerprint density at radius 2 is 1.80 bits per heavy atom. The highest BCUT2D eigenvalue weighted by atomic mass is 16.4. The van der Waals surface area contributed by atoms with Crippen molar-refractivity contribution >= 4 is 11.9 Å². The van der Waals surface area contributed by atoms with Gasteiger partial charge >= 0.3 is 5.97 Å². The number of carbonyl (C=O) groups excluding carboxylic acids is 1. The summed E-state index contributed by atoms with van der Waals surface area (Å²) in [5.41, 5.74) is -1.11. The highest BCUT2D eigenvalue weighted by Gasteiger charge is 2.35. The standard InChI is InChI=1S/C14H19NO5/c1-3-14(4-2,13(19)20)8-15-12(18)9-6-5-7-10(16)11(9)17/h5-7,16-17H,3-4,8H2,1-2H3,(H,15,18)(H,19,20). The van der Waals surface area contributed by atoms with Gasteiger partial charge in [0.25, 0.3) is 5.91 Å². The summed E-state index contributed by atoms with van der Waals surface area (Å²) in [6, 6.07) is 4.03. The van der Waals surface area contributed by atoms with Crippen molar-refractivity contribution in [2.75, 3.05) is 6.54 Å². The first-order valence-electron chi connectivity index (χ1n) is 6.40. The van der Waals surface area contributed by atoms with Crippen LogP contribution < -0.4 is 5.32 Å². The Morgan fingerprint density at radius 1 is 1.20 bits per heavy atom. The molecule has 0 bridgehead atoms. The number of carboxylic acid groups (broad SMARTS) is 1. The number of hydrogen-bond acceptors (Lipinski definition) is 4. The van der Waals surface area contributed by atoms with E-state index in [2.05, 4.69) is 5.32 Å². The molecule has 1 rings (SSSR count). The number of aliphatic carboxylic acids is 1. The van der Waals surface area contributed by atoms with Gasteiger partial charge in [-0.25, -0.2) is 0 Å². The van der Waals surface area contributed by atoms with Crippen LogP contribution in [-0.2, 0) is 4.79 Å². The van der Waals surface area contributed by atoms with Gasteiger partial charge in [0.15, 0.2) is 11.5 Å². The molecule has 0 aromatic heterocycles. The van der Waals surface area contributed by atoms with Crippen LogP contribution in [0.4, 0.5) is 0 Å². The molecule has 0 radical (unpaired) electrons. The van der Waals surface area contributed by atoms with Gasteiger partial charge in [0.1, 0.15) is 0 Å². The Hall–Kier alpha value is -2.24. The molecular formula is C14H19NO5. The Morgan fingerprint density at radius 3 is 2.30 bits per heavy atom. The topological polar surface area (TPSA) is 107 Å². The summed E-state index contributed by atoms with van der Waals surface area (Å²) in [7, 11) is 0. The largest absolute Gasteiger partial charge is 0.504 e. The van der Waals surface area contributed by atoms with Crippen LogP contribution in [0, 0.1) is 5.41 Å². The van der Waals surface area contributed by atoms with Crippen molar-refractivity contribution in [3.63, 3.8) is 0 Å². The van der Waals surface area contributed by atoms with Crippen LogP contribution in [0.1, 0.15) is 37.0 Å². The van der Waals surface area contributed by atoms with Crippen LogP contribution in [0.25, 0.3) is 0 Å². The Balaban J connectivity index is 2.86. The number of carboxylic acids is 1. The normalized spacial score (nSPS) is 11.1. The minimum atomic E-state index is -1.03. The van der Waals surface area contributed by atoms with E-state index in [1.54, 1.807) is 13.8 Å². The summed E-state index contributed by atoms with van der Waals surface area (Å²) >= 11 is 0. The number of para-hydroxylation sites is 1. The molecule has 0 aliphatic carbocycles. The molecule has 6 nitrogen and oxygen atoms in total. The summed E-state index contributed by atoms with van der Waals surface area (Å²) in [5, 5.41) is 30.7. The number of nitrogens with one attached hydrogen (secondary N) is 1. The average Bonchev–Trinajstić information content (AvgIpc) is 2.43. The smallest absolute Gasteiger partial charge is 0.311 e. The van der Waals surface area contributed by atoms with Crippen LogP contribution in [-0.4, -0.2) is 33.7 Å². The molecule has 1 aromatic carbocycles. The van der Waals surface area contributed by atoms with Crippen molar-refractivity contribution < 1.29 is 24.9 Å². The van der Waals surface area contributed by atoms with Gasteiger partial charge in [0.2, 0.25) is 0 Å². The van der Waals surface area contributed by atoms with Gasteiger partial charge in [0, 0.05) is 6.54 Å². The van der Waals surface area contributed by atoms with Crippen molar-refractivity contribution in [3.8, 4) is 11.5 Å². The number of amides is 1. The lowest BCUT2D eigenvalue weighted by Crippen LogP contribution is -2.42. The van der Waals surface area contributed by atoms with E-state index in [9.17, 15) is 24.9 Å². The van der Waals surface area contributed by atoms with E-state index >= 15 is 0 Å². The molecule has 1 amide bonds. The molecule has 0 aliphatic heterocycles. The molecule has 20 heavy (non-hydrogen) atoms.